The number of aromatic nitrogens is 1. The highest BCUT2D eigenvalue weighted by Gasteiger charge is 2.31. The maximum atomic E-state index is 11.8. The number of rotatable bonds is 4. The summed E-state index contributed by atoms with van der Waals surface area (Å²) in [6, 6.07) is 16.6. The molecule has 3 heterocycles. The van der Waals surface area contributed by atoms with Crippen molar-refractivity contribution in [2.24, 2.45) is 5.73 Å². The Morgan fingerprint density at radius 2 is 1.90 bits per heavy atom. The molecule has 1 unspecified atom stereocenters. The first-order valence-corrected chi connectivity index (χ1v) is 10.4. The number of piperazine rings is 1. The highest BCUT2D eigenvalue weighted by molar-refractivity contribution is 5.93. The number of H-pyrrole nitrogens is 1. The van der Waals surface area contributed by atoms with Crippen LogP contribution in [0.5, 0.6) is 0 Å². The third kappa shape index (κ3) is 3.44. The molecule has 1 aromatic heterocycles. The van der Waals surface area contributed by atoms with Crippen molar-refractivity contribution in [2.45, 2.75) is 12.3 Å². The second kappa shape index (κ2) is 7.44. The fourth-order valence-electron chi connectivity index (χ4n) is 4.76. The van der Waals surface area contributed by atoms with Gasteiger partial charge in [-0.2, -0.15) is 0 Å². The Morgan fingerprint density at radius 1 is 1.07 bits per heavy atom. The average molecular weight is 390 g/mol. The van der Waals surface area contributed by atoms with Crippen molar-refractivity contribution in [1.29, 1.82) is 0 Å². The Hall–Kier alpha value is -2.99. The number of amides is 2. The molecule has 1 atom stereocenters. The Morgan fingerprint density at radius 3 is 2.72 bits per heavy atom. The van der Waals surface area contributed by atoms with Gasteiger partial charge in [0, 0.05) is 67.1 Å². The van der Waals surface area contributed by atoms with Gasteiger partial charge in [-0.1, -0.05) is 18.2 Å². The van der Waals surface area contributed by atoms with Crippen LogP contribution in [0.3, 0.4) is 0 Å². The third-order valence-corrected chi connectivity index (χ3v) is 6.40. The van der Waals surface area contributed by atoms with E-state index in [2.05, 4.69) is 51.2 Å². The maximum absolute atomic E-state index is 11.8. The first-order chi connectivity index (χ1) is 14.2. The molecule has 3 N–H and O–H groups in total. The minimum atomic E-state index is -0.354. The van der Waals surface area contributed by atoms with Crippen molar-refractivity contribution >= 4 is 28.3 Å². The topological polar surface area (TPSA) is 68.6 Å². The van der Waals surface area contributed by atoms with Crippen molar-refractivity contribution in [1.82, 2.24) is 9.88 Å². The van der Waals surface area contributed by atoms with Gasteiger partial charge in [-0.3, -0.25) is 9.80 Å². The van der Waals surface area contributed by atoms with Crippen LogP contribution in [0.4, 0.5) is 16.2 Å². The van der Waals surface area contributed by atoms with E-state index in [0.29, 0.717) is 12.5 Å². The van der Waals surface area contributed by atoms with Crippen LogP contribution in [0.25, 0.3) is 10.9 Å². The zero-order chi connectivity index (χ0) is 19.8. The number of benzene rings is 2. The molecule has 0 aliphatic carbocycles. The number of nitrogens with zero attached hydrogens (tertiary/aromatic N) is 3. The van der Waals surface area contributed by atoms with E-state index in [9.17, 15) is 4.79 Å². The Balaban J connectivity index is 1.18. The summed E-state index contributed by atoms with van der Waals surface area (Å²) in [5.41, 5.74) is 10.3. The molecule has 1 fully saturated rings. The predicted octanol–water partition coefficient (Wildman–Crippen LogP) is 3.36. The molecule has 0 bridgehead atoms. The van der Waals surface area contributed by atoms with Crippen molar-refractivity contribution < 1.29 is 4.79 Å². The summed E-state index contributed by atoms with van der Waals surface area (Å²) < 4.78 is 0. The number of para-hydroxylation sites is 1. The highest BCUT2D eigenvalue weighted by Crippen LogP contribution is 2.37. The lowest BCUT2D eigenvalue weighted by atomic mass is 9.97. The van der Waals surface area contributed by atoms with E-state index < -0.39 is 0 Å². The fraction of sp³-hybridized carbons (Fsp3) is 0.348. The predicted molar refractivity (Wildman–Crippen MR) is 118 cm³/mol. The molecule has 1 saturated heterocycles. The van der Waals surface area contributed by atoms with Gasteiger partial charge in [0.05, 0.1) is 0 Å². The molecule has 0 saturated carbocycles. The maximum Gasteiger partial charge on any atom is 0.319 e. The number of fused-ring (bicyclic) bond motifs is 2. The van der Waals surface area contributed by atoms with Gasteiger partial charge in [-0.05, 0) is 48.9 Å². The number of carbonyl (C=O) groups is 1. The van der Waals surface area contributed by atoms with E-state index >= 15 is 0 Å². The van der Waals surface area contributed by atoms with Crippen LogP contribution in [-0.4, -0.2) is 55.2 Å². The molecule has 6 heteroatoms. The number of primary amides is 1. The molecular formula is C23H27N5O. The summed E-state index contributed by atoms with van der Waals surface area (Å²) in [6.07, 6.45) is 3.04. The van der Waals surface area contributed by atoms with Gasteiger partial charge in [0.2, 0.25) is 0 Å². The van der Waals surface area contributed by atoms with Crippen LogP contribution in [-0.2, 0) is 0 Å². The number of aromatic amines is 1. The molecule has 150 valence electrons. The zero-order valence-corrected chi connectivity index (χ0v) is 16.6. The smallest absolute Gasteiger partial charge is 0.319 e. The minimum Gasteiger partial charge on any atom is -0.369 e. The molecule has 5 rings (SSSR count). The van der Waals surface area contributed by atoms with Gasteiger partial charge < -0.3 is 15.6 Å². The summed E-state index contributed by atoms with van der Waals surface area (Å²) in [5, 5.41) is 1.27. The van der Waals surface area contributed by atoms with Gasteiger partial charge in [0.1, 0.15) is 0 Å². The lowest BCUT2D eigenvalue weighted by molar-refractivity contribution is 0.247. The number of nitrogens with one attached hydrogen (secondary N) is 1. The third-order valence-electron chi connectivity index (χ3n) is 6.40. The zero-order valence-electron chi connectivity index (χ0n) is 16.6. The van der Waals surface area contributed by atoms with Crippen molar-refractivity contribution in [3.63, 3.8) is 0 Å². The second-order valence-corrected chi connectivity index (χ2v) is 8.07. The molecule has 29 heavy (non-hydrogen) atoms. The Bertz CT molecular complexity index is 1020. The van der Waals surface area contributed by atoms with Crippen LogP contribution in [0.1, 0.15) is 17.9 Å². The van der Waals surface area contributed by atoms with Gasteiger partial charge in [0.25, 0.3) is 0 Å². The molecular weight excluding hydrogens is 362 g/mol. The van der Waals surface area contributed by atoms with Crippen LogP contribution in [0, 0.1) is 0 Å². The number of carbonyl (C=O) groups excluding carboxylic acids is 1. The Labute approximate surface area is 170 Å². The van der Waals surface area contributed by atoms with Crippen LogP contribution in [0.15, 0.2) is 54.7 Å². The van der Waals surface area contributed by atoms with Crippen LogP contribution in [0.2, 0.25) is 0 Å². The van der Waals surface area contributed by atoms with Crippen LogP contribution >= 0.6 is 0 Å². The first kappa shape index (κ1) is 18.1. The Kier molecular flexibility index (Phi) is 4.64. The molecule has 6 nitrogen and oxygen atoms in total. The van der Waals surface area contributed by atoms with E-state index in [-0.39, 0.29) is 6.03 Å². The minimum absolute atomic E-state index is 0.354. The normalized spacial score (nSPS) is 19.7. The summed E-state index contributed by atoms with van der Waals surface area (Å²) in [5.74, 6) is 0.368. The molecule has 2 aromatic carbocycles. The molecule has 0 radical (unpaired) electrons. The summed E-state index contributed by atoms with van der Waals surface area (Å²) in [4.78, 5) is 21.8. The standard InChI is InChI=1S/C23H27N5O/c24-23(29)28-16-18(20-3-1-2-4-22(20)28)8-10-26-11-13-27(14-12-26)19-5-6-21-17(15-19)7-9-25-21/h1-7,9,15,18,25H,8,10-14,16H2,(H2,24,29). The molecule has 2 aliphatic rings. The van der Waals surface area contributed by atoms with Crippen LogP contribution < -0.4 is 15.5 Å². The summed E-state index contributed by atoms with van der Waals surface area (Å²) in [7, 11) is 0. The molecule has 3 aromatic rings. The number of hydrogen-bond acceptors (Lipinski definition) is 3. The monoisotopic (exact) mass is 389 g/mol. The van der Waals surface area contributed by atoms with Crippen molar-refractivity contribution in [3.8, 4) is 0 Å². The summed E-state index contributed by atoms with van der Waals surface area (Å²) >= 11 is 0. The first-order valence-electron chi connectivity index (χ1n) is 10.4. The number of hydrogen-bond donors (Lipinski definition) is 2. The largest absolute Gasteiger partial charge is 0.369 e. The van der Waals surface area contributed by atoms with Gasteiger partial charge in [0.15, 0.2) is 0 Å². The van der Waals surface area contributed by atoms with E-state index in [1.54, 1.807) is 4.90 Å². The molecule has 0 spiro atoms. The van der Waals surface area contributed by atoms with E-state index in [1.807, 2.05) is 18.3 Å². The van der Waals surface area contributed by atoms with E-state index in [0.717, 1.165) is 44.8 Å². The van der Waals surface area contributed by atoms with Gasteiger partial charge in [-0.25, -0.2) is 4.79 Å². The van der Waals surface area contributed by atoms with E-state index in [4.69, 9.17) is 5.73 Å². The number of urea groups is 1. The van der Waals surface area contributed by atoms with Gasteiger partial charge in [-0.15, -0.1) is 0 Å². The lowest BCUT2D eigenvalue weighted by Crippen LogP contribution is -2.47. The SMILES string of the molecule is NC(=O)N1CC(CCN2CCN(c3ccc4[nH]ccc4c3)CC2)c2ccccc21. The van der Waals surface area contributed by atoms with Crippen molar-refractivity contribution in [2.75, 3.05) is 49.1 Å². The fourth-order valence-corrected chi connectivity index (χ4v) is 4.76. The number of anilines is 2. The van der Waals surface area contributed by atoms with Gasteiger partial charge >= 0.3 is 6.03 Å². The molecule has 2 aliphatic heterocycles. The van der Waals surface area contributed by atoms with Crippen molar-refractivity contribution in [3.05, 3.63) is 60.3 Å². The lowest BCUT2D eigenvalue weighted by Gasteiger charge is -2.36. The number of nitrogens with two attached hydrogens (primary N) is 1. The molecule has 2 amide bonds. The second-order valence-electron chi connectivity index (χ2n) is 8.07. The van der Waals surface area contributed by atoms with E-state index in [1.165, 1.54) is 22.2 Å². The average Bonchev–Trinajstić information content (AvgIpc) is 3.37. The summed E-state index contributed by atoms with van der Waals surface area (Å²) in [6.45, 7) is 5.98. The quantitative estimate of drug-likeness (QED) is 0.719. The highest BCUT2D eigenvalue weighted by atomic mass is 16.2.